The monoisotopic (exact) mass is 305 g/mol. The van der Waals surface area contributed by atoms with Crippen LogP contribution in [0.4, 0.5) is 8.78 Å². The molecule has 0 saturated heterocycles. The molecule has 2 atom stereocenters. The smallest absolute Gasteiger partial charge is 0.159 e. The van der Waals surface area contributed by atoms with Crippen LogP contribution in [0.15, 0.2) is 18.2 Å². The van der Waals surface area contributed by atoms with Crippen LogP contribution >= 0.6 is 0 Å². The molecule has 1 N–H and O–H groups in total. The molecule has 114 valence electrons. The highest BCUT2D eigenvalue weighted by molar-refractivity contribution is 7.91. The van der Waals surface area contributed by atoms with Crippen molar-refractivity contribution in [1.29, 1.82) is 0 Å². The number of sulfone groups is 1. The molecule has 0 bridgehead atoms. The predicted molar refractivity (Wildman–Crippen MR) is 76.6 cm³/mol. The Balaban J connectivity index is 2.54. The minimum Gasteiger partial charge on any atom is -0.313 e. The molecule has 1 aromatic rings. The summed E-state index contributed by atoms with van der Waals surface area (Å²) in [6.07, 6.45) is 0. The Morgan fingerprint density at radius 2 is 1.85 bits per heavy atom. The van der Waals surface area contributed by atoms with Gasteiger partial charge in [-0.25, -0.2) is 17.2 Å². The fourth-order valence-electron chi connectivity index (χ4n) is 1.87. The standard InChI is InChI=1S/C14H21F2NO2S/c1-4-20(18,19)9-11(3)17-8-10(2)12-5-6-13(15)14(16)7-12/h5-7,10-11,17H,4,8-9H2,1-3H3/t10-,11-/m0/s1. The van der Waals surface area contributed by atoms with Gasteiger partial charge in [-0.15, -0.1) is 0 Å². The van der Waals surface area contributed by atoms with Crippen LogP contribution in [-0.4, -0.2) is 32.5 Å². The maximum absolute atomic E-state index is 13.1. The second-order valence-electron chi connectivity index (χ2n) is 5.08. The van der Waals surface area contributed by atoms with Crippen molar-refractivity contribution in [1.82, 2.24) is 5.32 Å². The van der Waals surface area contributed by atoms with Crippen LogP contribution in [0.1, 0.15) is 32.3 Å². The molecule has 0 spiro atoms. The van der Waals surface area contributed by atoms with Crippen molar-refractivity contribution < 1.29 is 17.2 Å². The summed E-state index contributed by atoms with van der Waals surface area (Å²) in [5, 5.41) is 3.11. The fraction of sp³-hybridized carbons (Fsp3) is 0.571. The summed E-state index contributed by atoms with van der Waals surface area (Å²) in [6.45, 7) is 5.79. The Morgan fingerprint density at radius 3 is 2.40 bits per heavy atom. The molecule has 0 aliphatic rings. The van der Waals surface area contributed by atoms with Gasteiger partial charge in [0.15, 0.2) is 21.5 Å². The average molecular weight is 305 g/mol. The highest BCUT2D eigenvalue weighted by atomic mass is 32.2. The number of nitrogens with one attached hydrogen (secondary N) is 1. The summed E-state index contributed by atoms with van der Waals surface area (Å²) in [4.78, 5) is 0. The van der Waals surface area contributed by atoms with Gasteiger partial charge in [-0.3, -0.25) is 0 Å². The molecule has 20 heavy (non-hydrogen) atoms. The number of rotatable bonds is 7. The minimum atomic E-state index is -3.02. The third kappa shape index (κ3) is 5.17. The molecular formula is C14H21F2NO2S. The lowest BCUT2D eigenvalue weighted by Crippen LogP contribution is -2.35. The lowest BCUT2D eigenvalue weighted by molar-refractivity contribution is 0.501. The molecule has 0 unspecified atom stereocenters. The number of hydrogen-bond acceptors (Lipinski definition) is 3. The summed E-state index contributed by atoms with van der Waals surface area (Å²) in [7, 11) is -3.02. The molecule has 1 rings (SSSR count). The van der Waals surface area contributed by atoms with Gasteiger partial charge in [0.05, 0.1) is 5.75 Å². The van der Waals surface area contributed by atoms with E-state index in [2.05, 4.69) is 5.32 Å². The molecule has 0 aliphatic carbocycles. The third-order valence-electron chi connectivity index (χ3n) is 3.23. The van der Waals surface area contributed by atoms with Crippen molar-refractivity contribution in [2.45, 2.75) is 32.7 Å². The van der Waals surface area contributed by atoms with Gasteiger partial charge >= 0.3 is 0 Å². The summed E-state index contributed by atoms with van der Waals surface area (Å²) >= 11 is 0. The Bertz CT molecular complexity index is 546. The van der Waals surface area contributed by atoms with Crippen molar-refractivity contribution in [3.05, 3.63) is 35.4 Å². The summed E-state index contributed by atoms with van der Waals surface area (Å²) in [6, 6.07) is 3.65. The van der Waals surface area contributed by atoms with E-state index in [0.29, 0.717) is 12.1 Å². The second-order valence-corrected chi connectivity index (χ2v) is 7.48. The first kappa shape index (κ1) is 17.0. The summed E-state index contributed by atoms with van der Waals surface area (Å²) < 4.78 is 48.9. The van der Waals surface area contributed by atoms with Gasteiger partial charge in [-0.2, -0.15) is 0 Å². The van der Waals surface area contributed by atoms with Crippen LogP contribution in [0.2, 0.25) is 0 Å². The van der Waals surface area contributed by atoms with Gasteiger partial charge in [0.25, 0.3) is 0 Å². The molecule has 1 aromatic carbocycles. The van der Waals surface area contributed by atoms with E-state index in [1.54, 1.807) is 13.8 Å². The SMILES string of the molecule is CCS(=O)(=O)C[C@H](C)NC[C@H](C)c1ccc(F)c(F)c1. The first-order chi connectivity index (χ1) is 9.25. The molecule has 0 radical (unpaired) electrons. The van der Waals surface area contributed by atoms with Crippen LogP contribution in [0, 0.1) is 11.6 Å². The fourth-order valence-corrected chi connectivity index (χ4v) is 2.99. The second kappa shape index (κ2) is 7.13. The van der Waals surface area contributed by atoms with Gasteiger partial charge < -0.3 is 5.32 Å². The highest BCUT2D eigenvalue weighted by Crippen LogP contribution is 2.17. The largest absolute Gasteiger partial charge is 0.313 e. The van der Waals surface area contributed by atoms with Gasteiger partial charge in [0.1, 0.15) is 0 Å². The van der Waals surface area contributed by atoms with Crippen LogP contribution in [-0.2, 0) is 9.84 Å². The molecule has 0 heterocycles. The Hall–Kier alpha value is -1.01. The topological polar surface area (TPSA) is 46.2 Å². The van der Waals surface area contributed by atoms with E-state index in [9.17, 15) is 17.2 Å². The zero-order chi connectivity index (χ0) is 15.3. The molecule has 0 saturated carbocycles. The summed E-state index contributed by atoms with van der Waals surface area (Å²) in [5.74, 6) is -1.56. The first-order valence-corrected chi connectivity index (χ1v) is 8.46. The third-order valence-corrected chi connectivity index (χ3v) is 5.12. The molecule has 0 aliphatic heterocycles. The van der Waals surface area contributed by atoms with Crippen LogP contribution in [0.5, 0.6) is 0 Å². The van der Waals surface area contributed by atoms with E-state index in [0.717, 1.165) is 6.07 Å². The molecule has 3 nitrogen and oxygen atoms in total. The Labute approximate surface area is 119 Å². The van der Waals surface area contributed by atoms with E-state index in [4.69, 9.17) is 0 Å². The molecule has 0 aromatic heterocycles. The highest BCUT2D eigenvalue weighted by Gasteiger charge is 2.15. The van der Waals surface area contributed by atoms with Gasteiger partial charge in [-0.05, 0) is 30.5 Å². The normalized spacial score (nSPS) is 15.1. The van der Waals surface area contributed by atoms with E-state index in [1.807, 2.05) is 6.92 Å². The number of hydrogen-bond donors (Lipinski definition) is 1. The Morgan fingerprint density at radius 1 is 1.20 bits per heavy atom. The van der Waals surface area contributed by atoms with Gasteiger partial charge in [0.2, 0.25) is 0 Å². The van der Waals surface area contributed by atoms with Crippen molar-refractivity contribution in [2.24, 2.45) is 0 Å². The van der Waals surface area contributed by atoms with Crippen molar-refractivity contribution in [3.8, 4) is 0 Å². The molecule has 6 heteroatoms. The Kier molecular flexibility index (Phi) is 6.07. The molecule has 0 fully saturated rings. The van der Waals surface area contributed by atoms with Crippen LogP contribution in [0.3, 0.4) is 0 Å². The van der Waals surface area contributed by atoms with Gasteiger partial charge in [0, 0.05) is 18.3 Å². The van der Waals surface area contributed by atoms with Crippen molar-refractivity contribution in [3.63, 3.8) is 0 Å². The predicted octanol–water partition coefficient (Wildman–Crippen LogP) is 2.48. The van der Waals surface area contributed by atoms with E-state index >= 15 is 0 Å². The zero-order valence-electron chi connectivity index (χ0n) is 12.0. The van der Waals surface area contributed by atoms with Crippen molar-refractivity contribution in [2.75, 3.05) is 18.1 Å². The summed E-state index contributed by atoms with van der Waals surface area (Å²) in [5.41, 5.74) is 0.682. The lowest BCUT2D eigenvalue weighted by atomic mass is 10.0. The number of benzene rings is 1. The van der Waals surface area contributed by atoms with E-state index < -0.39 is 21.5 Å². The van der Waals surface area contributed by atoms with Gasteiger partial charge in [-0.1, -0.05) is 19.9 Å². The van der Waals surface area contributed by atoms with Crippen LogP contribution < -0.4 is 5.32 Å². The van der Waals surface area contributed by atoms with Crippen molar-refractivity contribution >= 4 is 9.84 Å². The maximum atomic E-state index is 13.1. The van der Waals surface area contributed by atoms with E-state index in [-0.39, 0.29) is 23.5 Å². The number of halogens is 2. The quantitative estimate of drug-likeness (QED) is 0.842. The first-order valence-electron chi connectivity index (χ1n) is 6.64. The average Bonchev–Trinajstić information content (AvgIpc) is 2.38. The van der Waals surface area contributed by atoms with E-state index in [1.165, 1.54) is 12.1 Å². The minimum absolute atomic E-state index is 0.0307. The molecule has 0 amide bonds. The molecular weight excluding hydrogens is 284 g/mol. The lowest BCUT2D eigenvalue weighted by Gasteiger charge is -2.18. The maximum Gasteiger partial charge on any atom is 0.159 e. The van der Waals surface area contributed by atoms with Crippen LogP contribution in [0.25, 0.3) is 0 Å². The zero-order valence-corrected chi connectivity index (χ0v) is 12.8.